The van der Waals surface area contributed by atoms with Gasteiger partial charge in [0, 0.05) is 18.1 Å². The van der Waals surface area contributed by atoms with E-state index in [1.165, 1.54) is 6.26 Å². The van der Waals surface area contributed by atoms with E-state index in [-0.39, 0.29) is 5.91 Å². The van der Waals surface area contributed by atoms with Crippen molar-refractivity contribution in [3.8, 4) is 0 Å². The van der Waals surface area contributed by atoms with Gasteiger partial charge in [-0.05, 0) is 30.3 Å². The van der Waals surface area contributed by atoms with E-state index in [0.29, 0.717) is 11.4 Å². The third kappa shape index (κ3) is 1.78. The molecule has 0 aliphatic heterocycles. The molecule has 0 saturated carbocycles. The maximum absolute atomic E-state index is 11.7. The molecule has 0 bridgehead atoms. The summed E-state index contributed by atoms with van der Waals surface area (Å²) in [4.78, 5) is 11.7. The number of amides is 1. The Morgan fingerprint density at radius 3 is 3.12 bits per heavy atom. The normalized spacial score (nSPS) is 10.6. The first-order valence-corrected chi connectivity index (χ1v) is 5.11. The lowest BCUT2D eigenvalue weighted by Gasteiger charge is -2.03. The molecule has 1 amide bonds. The van der Waals surface area contributed by atoms with Crippen molar-refractivity contribution in [2.45, 2.75) is 0 Å². The first kappa shape index (κ1) is 9.65. The molecular weight excluding hydrogens is 218 g/mol. The number of fused-ring (bicyclic) bond motifs is 1. The van der Waals surface area contributed by atoms with Crippen LogP contribution in [0.3, 0.4) is 0 Å². The van der Waals surface area contributed by atoms with E-state index in [2.05, 4.69) is 10.4 Å². The summed E-state index contributed by atoms with van der Waals surface area (Å²) in [7, 11) is 0. The monoisotopic (exact) mass is 227 g/mol. The van der Waals surface area contributed by atoms with Gasteiger partial charge in [0.2, 0.25) is 0 Å². The molecule has 0 unspecified atom stereocenters. The van der Waals surface area contributed by atoms with E-state index in [1.54, 1.807) is 35.1 Å². The Labute approximate surface area is 96.7 Å². The van der Waals surface area contributed by atoms with Crippen molar-refractivity contribution in [2.24, 2.45) is 0 Å². The third-order valence-corrected chi connectivity index (χ3v) is 2.40. The minimum Gasteiger partial charge on any atom is -0.459 e. The topological polar surface area (TPSA) is 59.5 Å². The lowest BCUT2D eigenvalue weighted by molar-refractivity contribution is 0.0996. The molecule has 17 heavy (non-hydrogen) atoms. The van der Waals surface area contributed by atoms with Crippen LogP contribution in [0, 0.1) is 0 Å². The van der Waals surface area contributed by atoms with Crippen LogP contribution in [-0.2, 0) is 0 Å². The number of furan rings is 1. The summed E-state index contributed by atoms with van der Waals surface area (Å²) in [6.07, 6.45) is 4.95. The molecule has 0 aromatic carbocycles. The van der Waals surface area contributed by atoms with E-state index in [4.69, 9.17) is 4.42 Å². The molecular formula is C12H9N3O2. The largest absolute Gasteiger partial charge is 0.459 e. The zero-order valence-corrected chi connectivity index (χ0v) is 8.83. The highest BCUT2D eigenvalue weighted by molar-refractivity contribution is 6.02. The van der Waals surface area contributed by atoms with Crippen molar-refractivity contribution in [3.63, 3.8) is 0 Å². The molecule has 0 radical (unpaired) electrons. The standard InChI is InChI=1S/C12H9N3O2/c16-12(11-2-1-7-17-11)14-9-4-6-15-10(8-9)3-5-13-15/h1-8H,(H,14,16). The molecule has 0 fully saturated rings. The third-order valence-electron chi connectivity index (χ3n) is 2.40. The van der Waals surface area contributed by atoms with Gasteiger partial charge >= 0.3 is 0 Å². The van der Waals surface area contributed by atoms with Crippen molar-refractivity contribution < 1.29 is 9.21 Å². The van der Waals surface area contributed by atoms with E-state index >= 15 is 0 Å². The van der Waals surface area contributed by atoms with Gasteiger partial charge in [-0.2, -0.15) is 5.10 Å². The average Bonchev–Trinajstić information content (AvgIpc) is 2.99. The minimum absolute atomic E-state index is 0.265. The Kier molecular flexibility index (Phi) is 2.15. The Morgan fingerprint density at radius 2 is 2.29 bits per heavy atom. The van der Waals surface area contributed by atoms with Gasteiger partial charge in [0.1, 0.15) is 0 Å². The summed E-state index contributed by atoms with van der Waals surface area (Å²) in [5, 5.41) is 6.83. The molecule has 0 aliphatic carbocycles. The van der Waals surface area contributed by atoms with Crippen LogP contribution in [0.5, 0.6) is 0 Å². The van der Waals surface area contributed by atoms with E-state index in [0.717, 1.165) is 5.52 Å². The zero-order chi connectivity index (χ0) is 11.7. The summed E-state index contributed by atoms with van der Waals surface area (Å²) in [5.74, 6) is 0.0252. The van der Waals surface area contributed by atoms with Crippen LogP contribution >= 0.6 is 0 Å². The molecule has 3 rings (SSSR count). The van der Waals surface area contributed by atoms with E-state index < -0.39 is 0 Å². The number of hydrogen-bond donors (Lipinski definition) is 1. The fourth-order valence-corrected chi connectivity index (χ4v) is 1.60. The summed E-state index contributed by atoms with van der Waals surface area (Å²) < 4.78 is 6.74. The van der Waals surface area contributed by atoms with Gasteiger partial charge in [0.05, 0.1) is 11.8 Å². The summed E-state index contributed by atoms with van der Waals surface area (Å²) in [6, 6.07) is 8.78. The number of anilines is 1. The Bertz CT molecular complexity index is 655. The van der Waals surface area contributed by atoms with Crippen LogP contribution in [-0.4, -0.2) is 15.5 Å². The molecule has 84 valence electrons. The second kappa shape index (κ2) is 3.79. The zero-order valence-electron chi connectivity index (χ0n) is 8.83. The SMILES string of the molecule is O=C(Nc1ccn2nccc2c1)c1ccco1. The van der Waals surface area contributed by atoms with Gasteiger partial charge in [-0.1, -0.05) is 0 Å². The predicted octanol–water partition coefficient (Wildman–Crippen LogP) is 2.18. The summed E-state index contributed by atoms with van der Waals surface area (Å²) >= 11 is 0. The van der Waals surface area contributed by atoms with Gasteiger partial charge in [-0.25, -0.2) is 4.52 Å². The van der Waals surface area contributed by atoms with E-state index in [1.807, 2.05) is 12.1 Å². The number of carbonyl (C=O) groups excluding carboxylic acids is 1. The molecule has 3 heterocycles. The van der Waals surface area contributed by atoms with Gasteiger partial charge in [0.25, 0.3) is 5.91 Å². The molecule has 3 aromatic heterocycles. The quantitative estimate of drug-likeness (QED) is 0.729. The number of carbonyl (C=O) groups is 1. The lowest BCUT2D eigenvalue weighted by Crippen LogP contribution is -2.10. The lowest BCUT2D eigenvalue weighted by atomic mass is 10.3. The number of hydrogen-bond acceptors (Lipinski definition) is 3. The number of nitrogens with one attached hydrogen (secondary N) is 1. The average molecular weight is 227 g/mol. The van der Waals surface area contributed by atoms with Crippen molar-refractivity contribution in [2.75, 3.05) is 5.32 Å². The van der Waals surface area contributed by atoms with Gasteiger partial charge in [-0.3, -0.25) is 4.79 Å². The van der Waals surface area contributed by atoms with Crippen LogP contribution in [0.1, 0.15) is 10.6 Å². The van der Waals surface area contributed by atoms with Crippen molar-refractivity contribution in [3.05, 3.63) is 54.7 Å². The molecule has 0 saturated heterocycles. The number of pyridine rings is 1. The predicted molar refractivity (Wildman–Crippen MR) is 61.9 cm³/mol. The second-order valence-corrected chi connectivity index (χ2v) is 3.55. The van der Waals surface area contributed by atoms with Crippen molar-refractivity contribution >= 4 is 17.1 Å². The van der Waals surface area contributed by atoms with Gasteiger partial charge < -0.3 is 9.73 Å². The number of nitrogens with zero attached hydrogens (tertiary/aromatic N) is 2. The Hall–Kier alpha value is -2.56. The highest BCUT2D eigenvalue weighted by atomic mass is 16.3. The molecule has 1 N–H and O–H groups in total. The maximum atomic E-state index is 11.7. The smallest absolute Gasteiger partial charge is 0.291 e. The molecule has 5 nitrogen and oxygen atoms in total. The van der Waals surface area contributed by atoms with Crippen molar-refractivity contribution in [1.29, 1.82) is 0 Å². The molecule has 3 aromatic rings. The van der Waals surface area contributed by atoms with Crippen molar-refractivity contribution in [1.82, 2.24) is 9.61 Å². The number of aromatic nitrogens is 2. The van der Waals surface area contributed by atoms with Gasteiger partial charge in [0.15, 0.2) is 5.76 Å². The Balaban J connectivity index is 1.87. The fraction of sp³-hybridized carbons (Fsp3) is 0. The number of rotatable bonds is 2. The summed E-state index contributed by atoms with van der Waals surface area (Å²) in [6.45, 7) is 0. The van der Waals surface area contributed by atoms with Gasteiger partial charge in [-0.15, -0.1) is 0 Å². The molecule has 5 heteroatoms. The first-order chi connectivity index (χ1) is 8.33. The molecule has 0 spiro atoms. The van der Waals surface area contributed by atoms with E-state index in [9.17, 15) is 4.79 Å². The van der Waals surface area contributed by atoms with Crippen LogP contribution in [0.15, 0.2) is 53.4 Å². The highest BCUT2D eigenvalue weighted by Crippen LogP contribution is 2.13. The molecule has 0 aliphatic rings. The summed E-state index contributed by atoms with van der Waals surface area (Å²) in [5.41, 5.74) is 1.63. The second-order valence-electron chi connectivity index (χ2n) is 3.55. The Morgan fingerprint density at radius 1 is 1.35 bits per heavy atom. The van der Waals surface area contributed by atoms with Crippen LogP contribution in [0.4, 0.5) is 5.69 Å². The maximum Gasteiger partial charge on any atom is 0.291 e. The highest BCUT2D eigenvalue weighted by Gasteiger charge is 2.08. The molecule has 0 atom stereocenters. The van der Waals surface area contributed by atoms with Crippen LogP contribution in [0.2, 0.25) is 0 Å². The first-order valence-electron chi connectivity index (χ1n) is 5.11. The van der Waals surface area contributed by atoms with Crippen LogP contribution in [0.25, 0.3) is 5.52 Å². The van der Waals surface area contributed by atoms with Crippen LogP contribution < -0.4 is 5.32 Å². The minimum atomic E-state index is -0.265. The fourth-order valence-electron chi connectivity index (χ4n) is 1.60.